The lowest BCUT2D eigenvalue weighted by atomic mass is 9.95. The summed E-state index contributed by atoms with van der Waals surface area (Å²) in [7, 11) is 0. The molecule has 1 fully saturated rings. The van der Waals surface area contributed by atoms with Gasteiger partial charge in [0.25, 0.3) is 6.43 Å². The number of hydrogen-bond acceptors (Lipinski definition) is 5. The molecule has 1 aromatic carbocycles. The summed E-state index contributed by atoms with van der Waals surface area (Å²) in [5.41, 5.74) is 1.07. The van der Waals surface area contributed by atoms with Crippen LogP contribution in [-0.2, 0) is 11.8 Å². The Hall–Kier alpha value is -3.21. The van der Waals surface area contributed by atoms with Crippen molar-refractivity contribution in [1.29, 1.82) is 5.26 Å². The monoisotopic (exact) mass is 439 g/mol. The SMILES string of the molecule is CCCc1nc(N[C@H](C)c2cccc(C(F)F)c2F)c2cc(C3(C#N)CC3)c(C)nc2n1. The molecule has 0 unspecified atom stereocenters. The van der Waals surface area contributed by atoms with Gasteiger partial charge in [0, 0.05) is 17.7 Å². The lowest BCUT2D eigenvalue weighted by molar-refractivity contribution is 0.146. The van der Waals surface area contributed by atoms with Crippen molar-refractivity contribution < 1.29 is 13.2 Å². The lowest BCUT2D eigenvalue weighted by Gasteiger charge is -2.20. The highest BCUT2D eigenvalue weighted by Crippen LogP contribution is 2.49. The zero-order valence-electron chi connectivity index (χ0n) is 18.2. The van der Waals surface area contributed by atoms with Crippen LogP contribution in [0.25, 0.3) is 11.0 Å². The third-order valence-electron chi connectivity index (χ3n) is 5.99. The van der Waals surface area contributed by atoms with Gasteiger partial charge >= 0.3 is 0 Å². The number of nitrogens with zero attached hydrogens (tertiary/aromatic N) is 4. The molecule has 4 rings (SSSR count). The minimum atomic E-state index is -2.89. The second-order valence-electron chi connectivity index (χ2n) is 8.34. The van der Waals surface area contributed by atoms with Gasteiger partial charge in [0.1, 0.15) is 17.5 Å². The van der Waals surface area contributed by atoms with E-state index in [1.54, 1.807) is 6.92 Å². The Morgan fingerprint density at radius 2 is 1.91 bits per heavy atom. The first-order valence-corrected chi connectivity index (χ1v) is 10.7. The van der Waals surface area contributed by atoms with Gasteiger partial charge in [0.2, 0.25) is 0 Å². The van der Waals surface area contributed by atoms with Crippen molar-refractivity contribution >= 4 is 16.9 Å². The van der Waals surface area contributed by atoms with Gasteiger partial charge in [0.15, 0.2) is 5.65 Å². The van der Waals surface area contributed by atoms with Crippen LogP contribution < -0.4 is 5.32 Å². The fraction of sp³-hybridized carbons (Fsp3) is 0.417. The Labute approximate surface area is 184 Å². The van der Waals surface area contributed by atoms with Gasteiger partial charge < -0.3 is 5.32 Å². The Morgan fingerprint density at radius 1 is 1.19 bits per heavy atom. The molecule has 2 heterocycles. The first-order chi connectivity index (χ1) is 15.3. The number of pyridine rings is 1. The van der Waals surface area contributed by atoms with E-state index in [9.17, 15) is 18.4 Å². The van der Waals surface area contributed by atoms with Crippen LogP contribution in [0.15, 0.2) is 24.3 Å². The summed E-state index contributed by atoms with van der Waals surface area (Å²) in [4.78, 5) is 13.9. The Kier molecular flexibility index (Phi) is 5.76. The summed E-state index contributed by atoms with van der Waals surface area (Å²) < 4.78 is 41.0. The molecule has 1 aliphatic rings. The molecule has 0 amide bonds. The molecular weight excluding hydrogens is 415 g/mol. The maximum atomic E-state index is 14.7. The second kappa shape index (κ2) is 8.38. The molecule has 0 bridgehead atoms. The van der Waals surface area contributed by atoms with Gasteiger partial charge in [-0.15, -0.1) is 0 Å². The zero-order chi connectivity index (χ0) is 23.0. The molecule has 8 heteroatoms. The number of hydrogen-bond donors (Lipinski definition) is 1. The Morgan fingerprint density at radius 3 is 2.53 bits per heavy atom. The first-order valence-electron chi connectivity index (χ1n) is 10.7. The number of fused-ring (bicyclic) bond motifs is 1. The van der Waals surface area contributed by atoms with E-state index in [0.717, 1.165) is 36.6 Å². The Balaban J connectivity index is 1.81. The van der Waals surface area contributed by atoms with Crippen molar-refractivity contribution in [1.82, 2.24) is 15.0 Å². The highest BCUT2D eigenvalue weighted by Gasteiger charge is 2.46. The first kappa shape index (κ1) is 22.0. The number of alkyl halides is 2. The molecule has 1 atom stereocenters. The molecule has 1 aliphatic carbocycles. The number of halogens is 3. The number of aromatic nitrogens is 3. The van der Waals surface area contributed by atoms with E-state index < -0.39 is 29.3 Å². The van der Waals surface area contributed by atoms with Gasteiger partial charge in [-0.3, -0.25) is 0 Å². The van der Waals surface area contributed by atoms with Crippen LogP contribution in [0.2, 0.25) is 0 Å². The number of rotatable bonds is 7. The number of aryl methyl sites for hydroxylation is 2. The van der Waals surface area contributed by atoms with Gasteiger partial charge in [-0.05, 0) is 44.7 Å². The number of anilines is 1. The van der Waals surface area contributed by atoms with Gasteiger partial charge in [-0.25, -0.2) is 28.1 Å². The smallest absolute Gasteiger partial charge is 0.266 e. The average Bonchev–Trinajstić information content (AvgIpc) is 3.54. The molecule has 166 valence electrons. The normalized spacial score (nSPS) is 15.6. The van der Waals surface area contributed by atoms with E-state index >= 15 is 0 Å². The quantitative estimate of drug-likeness (QED) is 0.482. The van der Waals surface area contributed by atoms with E-state index in [0.29, 0.717) is 29.1 Å². The maximum Gasteiger partial charge on any atom is 0.266 e. The minimum absolute atomic E-state index is 0.127. The van der Waals surface area contributed by atoms with Crippen molar-refractivity contribution in [2.75, 3.05) is 5.32 Å². The van der Waals surface area contributed by atoms with Crippen LogP contribution in [0.4, 0.5) is 19.0 Å². The summed E-state index contributed by atoms with van der Waals surface area (Å²) in [5, 5.41) is 13.5. The van der Waals surface area contributed by atoms with Crippen molar-refractivity contribution in [2.24, 2.45) is 0 Å². The van der Waals surface area contributed by atoms with Crippen LogP contribution in [0, 0.1) is 24.1 Å². The fourth-order valence-corrected chi connectivity index (χ4v) is 4.04. The molecule has 2 aromatic heterocycles. The molecular formula is C24H24F3N5. The van der Waals surface area contributed by atoms with Crippen LogP contribution in [0.5, 0.6) is 0 Å². The van der Waals surface area contributed by atoms with Crippen LogP contribution >= 0.6 is 0 Å². The van der Waals surface area contributed by atoms with E-state index in [1.165, 1.54) is 12.1 Å². The van der Waals surface area contributed by atoms with Crippen molar-refractivity contribution in [2.45, 2.75) is 64.3 Å². The summed E-state index contributed by atoms with van der Waals surface area (Å²) >= 11 is 0. The number of nitrogens with one attached hydrogen (secondary N) is 1. The van der Waals surface area contributed by atoms with Gasteiger partial charge in [-0.2, -0.15) is 5.26 Å². The van der Waals surface area contributed by atoms with Gasteiger partial charge in [0.05, 0.1) is 28.5 Å². The summed E-state index contributed by atoms with van der Waals surface area (Å²) in [6.45, 7) is 5.58. The number of benzene rings is 1. The molecule has 1 N–H and O–H groups in total. The largest absolute Gasteiger partial charge is 0.363 e. The molecule has 32 heavy (non-hydrogen) atoms. The van der Waals surface area contributed by atoms with Crippen molar-refractivity contribution in [3.8, 4) is 6.07 Å². The lowest BCUT2D eigenvalue weighted by Crippen LogP contribution is -2.14. The Bertz CT molecular complexity index is 1210. The topological polar surface area (TPSA) is 74.5 Å². The second-order valence-corrected chi connectivity index (χ2v) is 8.34. The minimum Gasteiger partial charge on any atom is -0.363 e. The number of nitriles is 1. The molecule has 1 saturated carbocycles. The third-order valence-corrected chi connectivity index (χ3v) is 5.99. The fourth-order valence-electron chi connectivity index (χ4n) is 4.04. The molecule has 0 radical (unpaired) electrons. The predicted molar refractivity (Wildman–Crippen MR) is 116 cm³/mol. The van der Waals surface area contributed by atoms with E-state index in [1.807, 2.05) is 19.9 Å². The molecule has 5 nitrogen and oxygen atoms in total. The van der Waals surface area contributed by atoms with E-state index in [-0.39, 0.29) is 5.56 Å². The maximum absolute atomic E-state index is 14.7. The van der Waals surface area contributed by atoms with E-state index in [4.69, 9.17) is 0 Å². The highest BCUT2D eigenvalue weighted by atomic mass is 19.3. The molecule has 0 saturated heterocycles. The van der Waals surface area contributed by atoms with Crippen molar-refractivity contribution in [3.05, 3.63) is 58.3 Å². The van der Waals surface area contributed by atoms with Crippen LogP contribution in [-0.4, -0.2) is 15.0 Å². The van der Waals surface area contributed by atoms with E-state index in [2.05, 4.69) is 26.3 Å². The summed E-state index contributed by atoms with van der Waals surface area (Å²) in [6.07, 6.45) is 0.126. The standard InChI is InChI=1S/C24H24F3N5/c1-4-6-19-31-22(29-13(2)15-7-5-8-16(20(15)25)21(26)27)17-11-18(24(12-28)9-10-24)14(3)30-23(17)32-19/h5,7-8,11,13,21H,4,6,9-10H2,1-3H3,(H,29,30,31,32)/t13-/m1/s1. The average molecular weight is 439 g/mol. The summed E-state index contributed by atoms with van der Waals surface area (Å²) in [5.74, 6) is 0.124. The van der Waals surface area contributed by atoms with Crippen LogP contribution in [0.3, 0.4) is 0 Å². The van der Waals surface area contributed by atoms with Crippen molar-refractivity contribution in [3.63, 3.8) is 0 Å². The highest BCUT2D eigenvalue weighted by molar-refractivity contribution is 5.88. The van der Waals surface area contributed by atoms with Gasteiger partial charge in [-0.1, -0.05) is 25.1 Å². The zero-order valence-corrected chi connectivity index (χ0v) is 18.2. The third kappa shape index (κ3) is 3.88. The summed E-state index contributed by atoms with van der Waals surface area (Å²) in [6, 6.07) is 7.66. The molecule has 0 aliphatic heterocycles. The molecule has 0 spiro atoms. The molecule has 3 aromatic rings. The van der Waals surface area contributed by atoms with Crippen LogP contribution in [0.1, 0.15) is 73.8 Å². The predicted octanol–water partition coefficient (Wildman–Crippen LogP) is 6.09.